The minimum Gasteiger partial charge on any atom is -0.330 e. The van der Waals surface area contributed by atoms with Gasteiger partial charge in [-0.2, -0.15) is 0 Å². The molecule has 0 aliphatic rings. The maximum Gasteiger partial charge on any atom is 0.319 e. The maximum absolute atomic E-state index is 11.8. The first-order valence-corrected chi connectivity index (χ1v) is 6.97. The van der Waals surface area contributed by atoms with Crippen LogP contribution in [0.5, 0.6) is 0 Å². The topological polar surface area (TPSA) is 54.0 Å². The van der Waals surface area contributed by atoms with Gasteiger partial charge in [-0.15, -0.1) is 0 Å². The summed E-state index contributed by atoms with van der Waals surface area (Å²) in [7, 11) is 0. The summed E-state index contributed by atoms with van der Waals surface area (Å²) in [5, 5.41) is 5.63. The van der Waals surface area contributed by atoms with Gasteiger partial charge in [-0.3, -0.25) is 4.98 Å². The van der Waals surface area contributed by atoms with Crippen LogP contribution in [-0.4, -0.2) is 11.0 Å². The van der Waals surface area contributed by atoms with E-state index in [1.807, 2.05) is 49.4 Å². The van der Waals surface area contributed by atoms with E-state index in [2.05, 4.69) is 38.2 Å². The quantitative estimate of drug-likeness (QED) is 0.815. The summed E-state index contributed by atoms with van der Waals surface area (Å²) in [5.41, 5.74) is 1.60. The number of benzene rings is 1. The standard InChI is InChI=1S/C14H14IN3O/c1-10(13-4-2-3-9-16-13)17-14(19)18-12-7-5-11(15)6-8-12/h2-10H,1H3,(H2,17,18,19)/t10-/m1/s1. The predicted octanol–water partition coefficient (Wildman–Crippen LogP) is 3.57. The Morgan fingerprint density at radius 2 is 1.95 bits per heavy atom. The number of amides is 2. The first kappa shape index (κ1) is 13.8. The average Bonchev–Trinajstić information content (AvgIpc) is 2.42. The van der Waals surface area contributed by atoms with Crippen molar-refractivity contribution in [2.24, 2.45) is 0 Å². The number of urea groups is 1. The molecule has 2 N–H and O–H groups in total. The van der Waals surface area contributed by atoms with E-state index in [1.54, 1.807) is 6.20 Å². The molecule has 1 atom stereocenters. The van der Waals surface area contributed by atoms with Crippen molar-refractivity contribution in [3.63, 3.8) is 0 Å². The van der Waals surface area contributed by atoms with Crippen LogP contribution in [0.2, 0.25) is 0 Å². The van der Waals surface area contributed by atoms with Crippen LogP contribution in [0.15, 0.2) is 48.7 Å². The van der Waals surface area contributed by atoms with Gasteiger partial charge in [0.25, 0.3) is 0 Å². The summed E-state index contributed by atoms with van der Waals surface area (Å²) in [6.07, 6.45) is 1.71. The Hall–Kier alpha value is -1.63. The number of hydrogen-bond donors (Lipinski definition) is 2. The number of halogens is 1. The van der Waals surface area contributed by atoms with Crippen molar-refractivity contribution < 1.29 is 4.79 Å². The van der Waals surface area contributed by atoms with Gasteiger partial charge < -0.3 is 10.6 Å². The summed E-state index contributed by atoms with van der Waals surface area (Å²) in [6.45, 7) is 1.90. The molecule has 2 aromatic rings. The van der Waals surface area contributed by atoms with E-state index in [1.165, 1.54) is 0 Å². The number of hydrogen-bond acceptors (Lipinski definition) is 2. The number of nitrogens with zero attached hydrogens (tertiary/aromatic N) is 1. The van der Waals surface area contributed by atoms with Crippen LogP contribution in [0.25, 0.3) is 0 Å². The van der Waals surface area contributed by atoms with Gasteiger partial charge in [0, 0.05) is 15.5 Å². The van der Waals surface area contributed by atoms with Gasteiger partial charge in [0.2, 0.25) is 0 Å². The van der Waals surface area contributed by atoms with Crippen LogP contribution in [0.3, 0.4) is 0 Å². The van der Waals surface area contributed by atoms with Gasteiger partial charge in [0.15, 0.2) is 0 Å². The summed E-state index contributed by atoms with van der Waals surface area (Å²) in [6, 6.07) is 12.9. The molecule has 1 heterocycles. The Bertz CT molecular complexity index is 542. The fourth-order valence-electron chi connectivity index (χ4n) is 1.60. The number of pyridine rings is 1. The minimum atomic E-state index is -0.237. The van der Waals surface area contributed by atoms with Crippen molar-refractivity contribution in [1.29, 1.82) is 0 Å². The van der Waals surface area contributed by atoms with Crippen LogP contribution in [-0.2, 0) is 0 Å². The molecule has 1 aromatic heterocycles. The molecular weight excluding hydrogens is 353 g/mol. The summed E-state index contributed by atoms with van der Waals surface area (Å²) >= 11 is 2.22. The second-order valence-corrected chi connectivity index (χ2v) is 5.33. The first-order chi connectivity index (χ1) is 9.15. The van der Waals surface area contributed by atoms with Gasteiger partial charge in [-0.1, -0.05) is 6.07 Å². The lowest BCUT2D eigenvalue weighted by Gasteiger charge is -2.14. The van der Waals surface area contributed by atoms with E-state index < -0.39 is 0 Å². The second kappa shape index (κ2) is 6.51. The van der Waals surface area contributed by atoms with Gasteiger partial charge in [0.1, 0.15) is 0 Å². The molecule has 0 fully saturated rings. The smallest absolute Gasteiger partial charge is 0.319 e. The maximum atomic E-state index is 11.8. The molecular formula is C14H14IN3O. The molecule has 0 aliphatic heterocycles. The Morgan fingerprint density at radius 1 is 1.21 bits per heavy atom. The number of carbonyl (C=O) groups excluding carboxylic acids is 1. The molecule has 0 unspecified atom stereocenters. The van der Waals surface area contributed by atoms with Gasteiger partial charge in [-0.25, -0.2) is 4.79 Å². The number of carbonyl (C=O) groups is 1. The number of rotatable bonds is 3. The summed E-state index contributed by atoms with van der Waals surface area (Å²) < 4.78 is 1.13. The van der Waals surface area contributed by atoms with Crippen LogP contribution in [0.1, 0.15) is 18.7 Å². The van der Waals surface area contributed by atoms with Gasteiger partial charge in [-0.05, 0) is 65.9 Å². The van der Waals surface area contributed by atoms with Crippen LogP contribution in [0.4, 0.5) is 10.5 Å². The molecule has 0 bridgehead atoms. The van der Waals surface area contributed by atoms with Crippen LogP contribution >= 0.6 is 22.6 Å². The molecule has 98 valence electrons. The molecule has 0 saturated carbocycles. The highest BCUT2D eigenvalue weighted by Gasteiger charge is 2.09. The first-order valence-electron chi connectivity index (χ1n) is 5.89. The molecule has 0 aliphatic carbocycles. The van der Waals surface area contributed by atoms with E-state index in [0.29, 0.717) is 0 Å². The van der Waals surface area contributed by atoms with Crippen molar-refractivity contribution in [1.82, 2.24) is 10.3 Å². The Morgan fingerprint density at radius 3 is 2.58 bits per heavy atom. The summed E-state index contributed by atoms with van der Waals surface area (Å²) in [4.78, 5) is 16.0. The highest BCUT2D eigenvalue weighted by atomic mass is 127. The predicted molar refractivity (Wildman–Crippen MR) is 84.0 cm³/mol. The number of nitrogens with one attached hydrogen (secondary N) is 2. The molecule has 19 heavy (non-hydrogen) atoms. The number of anilines is 1. The Balaban J connectivity index is 1.93. The van der Waals surface area contributed by atoms with E-state index >= 15 is 0 Å². The minimum absolute atomic E-state index is 0.134. The third-order valence-corrected chi connectivity index (χ3v) is 3.30. The Kier molecular flexibility index (Phi) is 4.73. The van der Waals surface area contributed by atoms with Crippen molar-refractivity contribution in [3.8, 4) is 0 Å². The molecule has 2 amide bonds. The van der Waals surface area contributed by atoms with E-state index in [4.69, 9.17) is 0 Å². The fourth-order valence-corrected chi connectivity index (χ4v) is 1.96. The third kappa shape index (κ3) is 4.20. The monoisotopic (exact) mass is 367 g/mol. The van der Waals surface area contributed by atoms with E-state index in [9.17, 15) is 4.79 Å². The lowest BCUT2D eigenvalue weighted by molar-refractivity contribution is 0.249. The van der Waals surface area contributed by atoms with Crippen molar-refractivity contribution in [2.45, 2.75) is 13.0 Å². The largest absolute Gasteiger partial charge is 0.330 e. The van der Waals surface area contributed by atoms with E-state index in [-0.39, 0.29) is 12.1 Å². The van der Waals surface area contributed by atoms with Gasteiger partial charge >= 0.3 is 6.03 Å². The van der Waals surface area contributed by atoms with E-state index in [0.717, 1.165) is 15.0 Å². The molecule has 2 rings (SSSR count). The second-order valence-electron chi connectivity index (χ2n) is 4.08. The lowest BCUT2D eigenvalue weighted by Crippen LogP contribution is -2.31. The third-order valence-electron chi connectivity index (χ3n) is 2.58. The zero-order valence-electron chi connectivity index (χ0n) is 10.4. The number of aromatic nitrogens is 1. The highest BCUT2D eigenvalue weighted by Crippen LogP contribution is 2.12. The molecule has 5 heteroatoms. The van der Waals surface area contributed by atoms with Crippen molar-refractivity contribution in [2.75, 3.05) is 5.32 Å². The fraction of sp³-hybridized carbons (Fsp3) is 0.143. The molecule has 0 saturated heterocycles. The van der Waals surface area contributed by atoms with Crippen molar-refractivity contribution in [3.05, 3.63) is 57.9 Å². The molecule has 1 aromatic carbocycles. The zero-order valence-corrected chi connectivity index (χ0v) is 12.6. The van der Waals surface area contributed by atoms with Crippen LogP contribution < -0.4 is 10.6 Å². The lowest BCUT2D eigenvalue weighted by atomic mass is 10.2. The molecule has 0 spiro atoms. The molecule has 0 radical (unpaired) electrons. The normalized spacial score (nSPS) is 11.7. The summed E-state index contributed by atoms with van der Waals surface area (Å²) in [5.74, 6) is 0. The van der Waals surface area contributed by atoms with Gasteiger partial charge in [0.05, 0.1) is 11.7 Å². The average molecular weight is 367 g/mol. The Labute approximate surface area is 125 Å². The van der Waals surface area contributed by atoms with Crippen LogP contribution in [0, 0.1) is 3.57 Å². The highest BCUT2D eigenvalue weighted by molar-refractivity contribution is 14.1. The zero-order chi connectivity index (χ0) is 13.7. The molecule has 4 nitrogen and oxygen atoms in total. The van der Waals surface area contributed by atoms with Crippen molar-refractivity contribution >= 4 is 34.3 Å². The SMILES string of the molecule is C[C@@H](NC(=O)Nc1ccc(I)cc1)c1ccccn1.